The highest BCUT2D eigenvalue weighted by Gasteiger charge is 2.30. The van der Waals surface area contributed by atoms with E-state index >= 15 is 0 Å². The molecule has 1 aliphatic heterocycles. The number of hydrogen-bond donors (Lipinski definition) is 0. The Labute approximate surface area is 106 Å². The molecule has 1 aromatic carbocycles. The predicted octanol–water partition coefficient (Wildman–Crippen LogP) is 3.36. The second-order valence-electron chi connectivity index (χ2n) is 5.58. The number of hydrogen-bond acceptors (Lipinski definition) is 3. The fourth-order valence-corrected chi connectivity index (χ4v) is 2.54. The molecule has 0 saturated carbocycles. The molecule has 4 nitrogen and oxygen atoms in total. The van der Waals surface area contributed by atoms with Crippen molar-refractivity contribution in [3.63, 3.8) is 0 Å². The van der Waals surface area contributed by atoms with Crippen LogP contribution in [0.5, 0.6) is 0 Å². The van der Waals surface area contributed by atoms with Crippen molar-refractivity contribution in [1.82, 2.24) is 0 Å². The second-order valence-corrected chi connectivity index (χ2v) is 5.58. The van der Waals surface area contributed by atoms with Crippen molar-refractivity contribution in [3.8, 4) is 0 Å². The van der Waals surface area contributed by atoms with E-state index in [2.05, 4.69) is 13.8 Å². The molecule has 0 unspecified atom stereocenters. The second kappa shape index (κ2) is 4.55. The fraction of sp³-hybridized carbons (Fsp3) is 0.538. The van der Waals surface area contributed by atoms with Gasteiger partial charge in [0.2, 0.25) is 0 Å². The van der Waals surface area contributed by atoms with Gasteiger partial charge in [-0.15, -0.1) is 0 Å². The summed E-state index contributed by atoms with van der Waals surface area (Å²) in [6.07, 6.45) is 2.11. The zero-order chi connectivity index (χ0) is 13.3. The molecular weight excluding hydrogens is 235 g/mol. The van der Waals surface area contributed by atoms with E-state index < -0.39 is 10.7 Å². The summed E-state index contributed by atoms with van der Waals surface area (Å²) in [5.41, 5.74) is 0.516. The van der Waals surface area contributed by atoms with E-state index in [-0.39, 0.29) is 11.1 Å². The summed E-state index contributed by atoms with van der Waals surface area (Å²) >= 11 is 0. The smallest absolute Gasteiger partial charge is 0.295 e. The van der Waals surface area contributed by atoms with Crippen molar-refractivity contribution in [2.24, 2.45) is 5.41 Å². The van der Waals surface area contributed by atoms with Crippen molar-refractivity contribution in [3.05, 3.63) is 34.1 Å². The van der Waals surface area contributed by atoms with Gasteiger partial charge in [-0.25, -0.2) is 4.39 Å². The molecular formula is C13H17FN2O2. The summed E-state index contributed by atoms with van der Waals surface area (Å²) in [4.78, 5) is 12.5. The molecule has 0 atom stereocenters. The number of nitro groups is 1. The molecule has 1 aliphatic rings. The number of benzene rings is 1. The lowest BCUT2D eigenvalue weighted by molar-refractivity contribution is -0.384. The van der Waals surface area contributed by atoms with Crippen LogP contribution in [-0.4, -0.2) is 18.0 Å². The monoisotopic (exact) mass is 252 g/mol. The fourth-order valence-electron chi connectivity index (χ4n) is 2.54. The number of halogens is 1. The highest BCUT2D eigenvalue weighted by Crippen LogP contribution is 2.36. The van der Waals surface area contributed by atoms with Gasteiger partial charge >= 0.3 is 0 Å². The summed E-state index contributed by atoms with van der Waals surface area (Å²) in [5, 5.41) is 11.0. The maximum atomic E-state index is 13.1. The van der Waals surface area contributed by atoms with Gasteiger partial charge in [-0.05, 0) is 30.4 Å². The number of piperidine rings is 1. The first-order chi connectivity index (χ1) is 8.39. The summed E-state index contributed by atoms with van der Waals surface area (Å²) in [6, 6.07) is 3.79. The van der Waals surface area contributed by atoms with Crippen LogP contribution in [0, 0.1) is 21.3 Å². The van der Waals surface area contributed by atoms with Crippen molar-refractivity contribution in [1.29, 1.82) is 0 Å². The molecule has 0 radical (unpaired) electrons. The first-order valence-corrected chi connectivity index (χ1v) is 6.08. The first-order valence-electron chi connectivity index (χ1n) is 6.08. The van der Waals surface area contributed by atoms with Gasteiger partial charge in [-0.1, -0.05) is 13.8 Å². The van der Waals surface area contributed by atoms with Gasteiger partial charge in [0.25, 0.3) is 5.69 Å². The van der Waals surface area contributed by atoms with Crippen LogP contribution in [0.2, 0.25) is 0 Å². The number of nitrogens with zero attached hydrogens (tertiary/aromatic N) is 2. The largest absolute Gasteiger partial charge is 0.365 e. The molecule has 98 valence electrons. The molecule has 2 rings (SSSR count). The molecule has 0 spiro atoms. The molecule has 1 saturated heterocycles. The Morgan fingerprint density at radius 3 is 2.78 bits per heavy atom. The summed E-state index contributed by atoms with van der Waals surface area (Å²) < 4.78 is 13.1. The third-order valence-corrected chi connectivity index (χ3v) is 3.38. The van der Waals surface area contributed by atoms with Gasteiger partial charge < -0.3 is 4.90 Å². The Morgan fingerprint density at radius 2 is 2.17 bits per heavy atom. The van der Waals surface area contributed by atoms with Gasteiger partial charge in [-0.3, -0.25) is 10.1 Å². The van der Waals surface area contributed by atoms with Gasteiger partial charge in [0.1, 0.15) is 11.5 Å². The van der Waals surface area contributed by atoms with Crippen LogP contribution in [0.25, 0.3) is 0 Å². The van der Waals surface area contributed by atoms with Gasteiger partial charge in [0, 0.05) is 13.1 Å². The van der Waals surface area contributed by atoms with E-state index in [4.69, 9.17) is 0 Å². The van der Waals surface area contributed by atoms with Crippen molar-refractivity contribution in [2.45, 2.75) is 26.7 Å². The minimum atomic E-state index is -0.568. The van der Waals surface area contributed by atoms with E-state index in [9.17, 15) is 14.5 Å². The Morgan fingerprint density at radius 1 is 1.44 bits per heavy atom. The maximum Gasteiger partial charge on any atom is 0.295 e. The standard InChI is InChI=1S/C13H17FN2O2/c1-13(2)6-3-7-15(9-13)11-5-4-10(14)8-12(11)16(17)18/h4-5,8H,3,6-7,9H2,1-2H3. The maximum absolute atomic E-state index is 13.1. The quantitative estimate of drug-likeness (QED) is 0.599. The SMILES string of the molecule is CC1(C)CCCN(c2ccc(F)cc2[N+](=O)[O-])C1. The molecule has 1 heterocycles. The Balaban J connectivity index is 2.35. The lowest BCUT2D eigenvalue weighted by atomic mass is 9.84. The van der Waals surface area contributed by atoms with Crippen molar-refractivity contribution >= 4 is 11.4 Å². The van der Waals surface area contributed by atoms with Crippen LogP contribution >= 0.6 is 0 Å². The zero-order valence-electron chi connectivity index (χ0n) is 10.6. The zero-order valence-corrected chi connectivity index (χ0v) is 10.6. The molecule has 0 aliphatic carbocycles. The Bertz CT molecular complexity index is 474. The van der Waals surface area contributed by atoms with Gasteiger partial charge in [0.05, 0.1) is 11.0 Å². The summed E-state index contributed by atoms with van der Waals surface area (Å²) in [5.74, 6) is -0.568. The highest BCUT2D eigenvalue weighted by molar-refractivity contribution is 5.63. The summed E-state index contributed by atoms with van der Waals surface area (Å²) in [7, 11) is 0. The van der Waals surface area contributed by atoms with Crippen LogP contribution < -0.4 is 4.90 Å². The molecule has 0 aromatic heterocycles. The van der Waals surface area contributed by atoms with E-state index in [1.807, 2.05) is 4.90 Å². The van der Waals surface area contributed by atoms with E-state index in [0.29, 0.717) is 5.69 Å². The molecule has 18 heavy (non-hydrogen) atoms. The highest BCUT2D eigenvalue weighted by atomic mass is 19.1. The average molecular weight is 252 g/mol. The molecule has 0 amide bonds. The van der Waals surface area contributed by atoms with Gasteiger partial charge in [0.15, 0.2) is 0 Å². The minimum Gasteiger partial charge on any atom is -0.365 e. The molecule has 0 bridgehead atoms. The molecule has 5 heteroatoms. The lowest BCUT2D eigenvalue weighted by Crippen LogP contribution is -2.40. The molecule has 1 aromatic rings. The minimum absolute atomic E-state index is 0.139. The van der Waals surface area contributed by atoms with Crippen LogP contribution in [0.4, 0.5) is 15.8 Å². The predicted molar refractivity (Wildman–Crippen MR) is 68.3 cm³/mol. The molecule has 1 fully saturated rings. The van der Waals surface area contributed by atoms with E-state index in [1.165, 1.54) is 12.1 Å². The third kappa shape index (κ3) is 2.60. The topological polar surface area (TPSA) is 46.4 Å². The Hall–Kier alpha value is -1.65. The number of anilines is 1. The van der Waals surface area contributed by atoms with Gasteiger partial charge in [-0.2, -0.15) is 0 Å². The number of rotatable bonds is 2. The lowest BCUT2D eigenvalue weighted by Gasteiger charge is -2.39. The van der Waals surface area contributed by atoms with Crippen LogP contribution in [-0.2, 0) is 0 Å². The summed E-state index contributed by atoms with van der Waals surface area (Å²) in [6.45, 7) is 5.85. The van der Waals surface area contributed by atoms with Crippen LogP contribution in [0.15, 0.2) is 18.2 Å². The van der Waals surface area contributed by atoms with E-state index in [0.717, 1.165) is 32.0 Å². The molecule has 0 N–H and O–H groups in total. The Kier molecular flexibility index (Phi) is 3.24. The van der Waals surface area contributed by atoms with Crippen LogP contribution in [0.3, 0.4) is 0 Å². The normalized spacial score (nSPS) is 18.7. The average Bonchev–Trinajstić information content (AvgIpc) is 2.27. The van der Waals surface area contributed by atoms with E-state index in [1.54, 1.807) is 0 Å². The van der Waals surface area contributed by atoms with Crippen LogP contribution in [0.1, 0.15) is 26.7 Å². The first kappa shape index (κ1) is 12.8. The van der Waals surface area contributed by atoms with Crippen molar-refractivity contribution in [2.75, 3.05) is 18.0 Å². The number of nitro benzene ring substituents is 1. The third-order valence-electron chi connectivity index (χ3n) is 3.38. The van der Waals surface area contributed by atoms with Crippen molar-refractivity contribution < 1.29 is 9.31 Å².